The Bertz CT molecular complexity index is 429. The number of benzene rings is 1. The Kier molecular flexibility index (Phi) is 2.46. The van der Waals surface area contributed by atoms with Crippen LogP contribution >= 0.6 is 0 Å². The van der Waals surface area contributed by atoms with Gasteiger partial charge in [0.15, 0.2) is 0 Å². The van der Waals surface area contributed by atoms with E-state index in [2.05, 4.69) is 0 Å². The third-order valence-corrected chi connectivity index (χ3v) is 4.75. The van der Waals surface area contributed by atoms with Crippen molar-refractivity contribution >= 4 is 5.97 Å². The molecule has 0 saturated heterocycles. The molecular formula is C15H18O2. The second kappa shape index (κ2) is 3.86. The third kappa shape index (κ3) is 1.86. The van der Waals surface area contributed by atoms with Crippen LogP contribution in [0.2, 0.25) is 0 Å². The van der Waals surface area contributed by atoms with E-state index in [0.717, 1.165) is 0 Å². The van der Waals surface area contributed by atoms with Gasteiger partial charge in [0.1, 0.15) is 0 Å². The summed E-state index contributed by atoms with van der Waals surface area (Å²) >= 11 is 0. The predicted molar refractivity (Wildman–Crippen MR) is 66.3 cm³/mol. The van der Waals surface area contributed by atoms with E-state index in [9.17, 15) is 4.79 Å². The number of hydrogen-bond acceptors (Lipinski definition) is 1. The molecule has 2 fully saturated rings. The first kappa shape index (κ1) is 10.8. The molecule has 0 aromatic heterocycles. The van der Waals surface area contributed by atoms with Gasteiger partial charge in [-0.3, -0.25) is 0 Å². The van der Waals surface area contributed by atoms with E-state index in [1.54, 1.807) is 12.1 Å². The van der Waals surface area contributed by atoms with Crippen molar-refractivity contribution < 1.29 is 9.90 Å². The zero-order valence-electron chi connectivity index (χ0n) is 9.98. The van der Waals surface area contributed by atoms with Gasteiger partial charge in [0, 0.05) is 0 Å². The summed E-state index contributed by atoms with van der Waals surface area (Å²) in [5, 5.41) is 8.87. The minimum atomic E-state index is -0.835. The highest BCUT2D eigenvalue weighted by Gasteiger charge is 2.43. The van der Waals surface area contributed by atoms with Gasteiger partial charge in [-0.2, -0.15) is 0 Å². The van der Waals surface area contributed by atoms with Crippen molar-refractivity contribution in [1.82, 2.24) is 0 Å². The molecule has 2 aliphatic carbocycles. The third-order valence-electron chi connectivity index (χ3n) is 4.75. The van der Waals surface area contributed by atoms with Crippen molar-refractivity contribution in [3.63, 3.8) is 0 Å². The minimum absolute atomic E-state index is 0.394. The van der Waals surface area contributed by atoms with E-state index in [4.69, 9.17) is 5.11 Å². The molecule has 0 bridgehead atoms. The zero-order valence-corrected chi connectivity index (χ0v) is 9.98. The molecule has 2 aliphatic rings. The van der Waals surface area contributed by atoms with Gasteiger partial charge in [-0.1, -0.05) is 18.6 Å². The van der Waals surface area contributed by atoms with Gasteiger partial charge >= 0.3 is 5.97 Å². The summed E-state index contributed by atoms with van der Waals surface area (Å²) in [5.74, 6) is -0.170. The van der Waals surface area contributed by atoms with Crippen LogP contribution in [0.15, 0.2) is 24.3 Å². The van der Waals surface area contributed by atoms with Crippen LogP contribution in [0.3, 0.4) is 0 Å². The summed E-state index contributed by atoms with van der Waals surface area (Å²) < 4.78 is 0. The molecule has 2 heteroatoms. The maximum atomic E-state index is 10.8. The van der Waals surface area contributed by atoms with E-state index in [1.807, 2.05) is 12.1 Å². The first-order valence-corrected chi connectivity index (χ1v) is 6.52. The van der Waals surface area contributed by atoms with Crippen LogP contribution in [0.5, 0.6) is 0 Å². The summed E-state index contributed by atoms with van der Waals surface area (Å²) in [6.45, 7) is 0. The molecule has 1 unspecified atom stereocenters. The highest BCUT2D eigenvalue weighted by Crippen LogP contribution is 2.57. The minimum Gasteiger partial charge on any atom is -0.478 e. The van der Waals surface area contributed by atoms with Crippen LogP contribution < -0.4 is 0 Å². The molecule has 0 aliphatic heterocycles. The Balaban J connectivity index is 1.74. The molecule has 2 saturated carbocycles. The van der Waals surface area contributed by atoms with Crippen molar-refractivity contribution in [3.8, 4) is 0 Å². The predicted octanol–water partition coefficient (Wildman–Crippen LogP) is 3.82. The van der Waals surface area contributed by atoms with E-state index in [1.165, 1.54) is 44.1 Å². The Hall–Kier alpha value is -1.31. The van der Waals surface area contributed by atoms with Crippen molar-refractivity contribution in [3.05, 3.63) is 35.4 Å². The van der Waals surface area contributed by atoms with Crippen LogP contribution in [0, 0.1) is 5.41 Å². The Morgan fingerprint density at radius 3 is 2.35 bits per heavy atom. The monoisotopic (exact) mass is 230 g/mol. The zero-order chi connectivity index (χ0) is 11.9. The van der Waals surface area contributed by atoms with Crippen molar-refractivity contribution in [2.45, 2.75) is 44.4 Å². The summed E-state index contributed by atoms with van der Waals surface area (Å²) in [4.78, 5) is 10.8. The normalized spacial score (nSPS) is 25.8. The second-order valence-corrected chi connectivity index (χ2v) is 5.72. The molecule has 90 valence electrons. The molecule has 1 aromatic rings. The van der Waals surface area contributed by atoms with Gasteiger partial charge in [0.25, 0.3) is 0 Å². The number of carbonyl (C=O) groups is 1. The molecule has 1 N–H and O–H groups in total. The van der Waals surface area contributed by atoms with Gasteiger partial charge in [0.2, 0.25) is 0 Å². The van der Waals surface area contributed by atoms with Crippen molar-refractivity contribution in [2.24, 2.45) is 5.41 Å². The van der Waals surface area contributed by atoms with E-state index in [0.29, 0.717) is 16.9 Å². The number of rotatable bonds is 2. The standard InChI is InChI=1S/C15H18O2/c16-14(17)12-4-2-11(3-5-12)13-6-9-15(10-13)7-1-8-15/h2-5,13H,1,6-10H2,(H,16,17). The topological polar surface area (TPSA) is 37.3 Å². The summed E-state index contributed by atoms with van der Waals surface area (Å²) in [6, 6.07) is 7.49. The molecular weight excluding hydrogens is 212 g/mol. The van der Waals surface area contributed by atoms with Gasteiger partial charge in [0.05, 0.1) is 5.56 Å². The molecule has 2 nitrogen and oxygen atoms in total. The van der Waals surface area contributed by atoms with Gasteiger partial charge in [-0.15, -0.1) is 0 Å². The fraction of sp³-hybridized carbons (Fsp3) is 0.533. The lowest BCUT2D eigenvalue weighted by Crippen LogP contribution is -2.25. The summed E-state index contributed by atoms with van der Waals surface area (Å²) in [5.41, 5.74) is 2.39. The van der Waals surface area contributed by atoms with Crippen LogP contribution in [-0.4, -0.2) is 11.1 Å². The van der Waals surface area contributed by atoms with Crippen molar-refractivity contribution in [1.29, 1.82) is 0 Å². The molecule has 1 aromatic carbocycles. The average molecular weight is 230 g/mol. The van der Waals surface area contributed by atoms with E-state index >= 15 is 0 Å². The van der Waals surface area contributed by atoms with Crippen LogP contribution in [0.4, 0.5) is 0 Å². The fourth-order valence-electron chi connectivity index (χ4n) is 3.52. The maximum Gasteiger partial charge on any atom is 0.335 e. The molecule has 0 heterocycles. The smallest absolute Gasteiger partial charge is 0.335 e. The largest absolute Gasteiger partial charge is 0.478 e. The highest BCUT2D eigenvalue weighted by molar-refractivity contribution is 5.87. The average Bonchev–Trinajstić information content (AvgIpc) is 2.74. The lowest BCUT2D eigenvalue weighted by Gasteiger charge is -2.38. The summed E-state index contributed by atoms with van der Waals surface area (Å²) in [7, 11) is 0. The molecule has 0 amide bonds. The number of aromatic carboxylic acids is 1. The number of hydrogen-bond donors (Lipinski definition) is 1. The van der Waals surface area contributed by atoms with Crippen LogP contribution in [0.1, 0.15) is 60.4 Å². The number of carboxylic acid groups (broad SMARTS) is 1. The first-order chi connectivity index (χ1) is 8.19. The van der Waals surface area contributed by atoms with Crippen LogP contribution in [-0.2, 0) is 0 Å². The Morgan fingerprint density at radius 2 is 1.88 bits per heavy atom. The molecule has 1 spiro atoms. The second-order valence-electron chi connectivity index (χ2n) is 5.72. The summed E-state index contributed by atoms with van der Waals surface area (Å²) in [6.07, 6.45) is 8.21. The SMILES string of the molecule is O=C(O)c1ccc(C2CCC3(CCC3)C2)cc1. The molecule has 1 atom stereocenters. The van der Waals surface area contributed by atoms with Gasteiger partial charge < -0.3 is 5.11 Å². The van der Waals surface area contributed by atoms with Gasteiger partial charge in [-0.25, -0.2) is 4.79 Å². The lowest BCUT2D eigenvalue weighted by molar-refractivity contribution is 0.0697. The lowest BCUT2D eigenvalue weighted by atomic mass is 9.67. The van der Waals surface area contributed by atoms with Crippen LogP contribution in [0.25, 0.3) is 0 Å². The van der Waals surface area contributed by atoms with E-state index in [-0.39, 0.29) is 0 Å². The Labute approximate surface area is 102 Å². The quantitative estimate of drug-likeness (QED) is 0.838. The highest BCUT2D eigenvalue weighted by atomic mass is 16.4. The van der Waals surface area contributed by atoms with E-state index < -0.39 is 5.97 Å². The first-order valence-electron chi connectivity index (χ1n) is 6.52. The molecule has 17 heavy (non-hydrogen) atoms. The molecule has 3 rings (SSSR count). The Morgan fingerprint density at radius 1 is 1.18 bits per heavy atom. The number of carboxylic acids is 1. The van der Waals surface area contributed by atoms with Crippen molar-refractivity contribution in [2.75, 3.05) is 0 Å². The van der Waals surface area contributed by atoms with Gasteiger partial charge in [-0.05, 0) is 61.1 Å². The maximum absolute atomic E-state index is 10.8. The molecule has 0 radical (unpaired) electrons. The fourth-order valence-corrected chi connectivity index (χ4v) is 3.52.